The molecule has 1 saturated carbocycles. The first-order valence-corrected chi connectivity index (χ1v) is 5.44. The molecule has 1 aromatic heterocycles. The highest BCUT2D eigenvalue weighted by atomic mass is 32.1. The second-order valence-corrected chi connectivity index (χ2v) is 3.96. The Morgan fingerprint density at radius 2 is 2.43 bits per heavy atom. The lowest BCUT2D eigenvalue weighted by atomic mass is 10.4. The minimum atomic E-state index is 0.539. The average Bonchev–Trinajstić information content (AvgIpc) is 2.93. The maximum absolute atomic E-state index is 4.99. The Kier molecular flexibility index (Phi) is 2.93. The summed E-state index contributed by atoms with van der Waals surface area (Å²) in [5, 5.41) is 10.2. The van der Waals surface area contributed by atoms with E-state index in [-0.39, 0.29) is 0 Å². The van der Waals surface area contributed by atoms with Gasteiger partial charge in [-0.3, -0.25) is 4.90 Å². The van der Waals surface area contributed by atoms with E-state index >= 15 is 0 Å². The third-order valence-corrected chi connectivity index (χ3v) is 2.91. The summed E-state index contributed by atoms with van der Waals surface area (Å²) in [6.07, 6.45) is 2.70. The van der Waals surface area contributed by atoms with Crippen molar-refractivity contribution in [2.45, 2.75) is 32.4 Å². The van der Waals surface area contributed by atoms with Gasteiger partial charge in [0.2, 0.25) is 4.77 Å². The standard InChI is InChI=1S/C8H15N5S/c1-2-12(7-3-4-7)5-6-13-8(14)9-10-11-13/h7H,2-6H2,1H3,(H,9,11,14). The van der Waals surface area contributed by atoms with Gasteiger partial charge >= 0.3 is 0 Å². The van der Waals surface area contributed by atoms with Crippen molar-refractivity contribution in [1.82, 2.24) is 25.1 Å². The van der Waals surface area contributed by atoms with Gasteiger partial charge in [0.25, 0.3) is 0 Å². The number of nitrogens with one attached hydrogen (secondary N) is 1. The Balaban J connectivity index is 1.86. The van der Waals surface area contributed by atoms with Gasteiger partial charge in [0.15, 0.2) is 0 Å². The molecule has 1 heterocycles. The maximum atomic E-state index is 4.99. The molecule has 0 bridgehead atoms. The SMILES string of the molecule is CCN(CCn1[nH]nnc1=S)C1CC1. The van der Waals surface area contributed by atoms with Crippen LogP contribution in [0.3, 0.4) is 0 Å². The van der Waals surface area contributed by atoms with E-state index in [1.807, 2.05) is 0 Å². The Labute approximate surface area is 88.1 Å². The zero-order chi connectivity index (χ0) is 9.97. The van der Waals surface area contributed by atoms with Crippen molar-refractivity contribution in [2.24, 2.45) is 0 Å². The predicted octanol–water partition coefficient (Wildman–Crippen LogP) is 0.820. The van der Waals surface area contributed by atoms with Crippen LogP contribution in [-0.2, 0) is 6.54 Å². The number of hydrogen-bond donors (Lipinski definition) is 1. The number of rotatable bonds is 5. The molecule has 1 aliphatic carbocycles. The molecule has 6 heteroatoms. The Morgan fingerprint density at radius 1 is 1.64 bits per heavy atom. The number of nitrogens with zero attached hydrogens (tertiary/aromatic N) is 4. The Hall–Kier alpha value is -0.750. The van der Waals surface area contributed by atoms with Crippen molar-refractivity contribution in [2.75, 3.05) is 13.1 Å². The molecule has 0 saturated heterocycles. The van der Waals surface area contributed by atoms with E-state index in [0.29, 0.717) is 4.77 Å². The highest BCUT2D eigenvalue weighted by molar-refractivity contribution is 7.71. The molecule has 0 aliphatic heterocycles. The lowest BCUT2D eigenvalue weighted by Crippen LogP contribution is -2.29. The first-order chi connectivity index (χ1) is 6.81. The topological polar surface area (TPSA) is 49.7 Å². The van der Waals surface area contributed by atoms with Crippen LogP contribution >= 0.6 is 12.2 Å². The van der Waals surface area contributed by atoms with Gasteiger partial charge in [-0.15, -0.1) is 0 Å². The van der Waals surface area contributed by atoms with Crippen LogP contribution < -0.4 is 0 Å². The first-order valence-electron chi connectivity index (χ1n) is 5.03. The van der Waals surface area contributed by atoms with Gasteiger partial charge in [0.1, 0.15) is 0 Å². The maximum Gasteiger partial charge on any atom is 0.238 e. The predicted molar refractivity (Wildman–Crippen MR) is 55.5 cm³/mol. The summed E-state index contributed by atoms with van der Waals surface area (Å²) in [4.78, 5) is 2.47. The number of aromatic amines is 1. The second kappa shape index (κ2) is 4.18. The fraction of sp³-hybridized carbons (Fsp3) is 0.875. The van der Waals surface area contributed by atoms with E-state index < -0.39 is 0 Å². The summed E-state index contributed by atoms with van der Waals surface area (Å²) < 4.78 is 2.34. The van der Waals surface area contributed by atoms with E-state index in [1.165, 1.54) is 12.8 Å². The molecular weight excluding hydrogens is 198 g/mol. The van der Waals surface area contributed by atoms with E-state index in [4.69, 9.17) is 12.2 Å². The smallest absolute Gasteiger partial charge is 0.238 e. The van der Waals surface area contributed by atoms with Gasteiger partial charge in [-0.1, -0.05) is 17.2 Å². The zero-order valence-electron chi connectivity index (χ0n) is 8.31. The lowest BCUT2D eigenvalue weighted by Gasteiger charge is -2.19. The van der Waals surface area contributed by atoms with Gasteiger partial charge in [0.05, 0.1) is 6.54 Å². The van der Waals surface area contributed by atoms with Crippen LogP contribution in [0.5, 0.6) is 0 Å². The Morgan fingerprint density at radius 3 is 2.93 bits per heavy atom. The van der Waals surface area contributed by atoms with Crippen molar-refractivity contribution in [3.8, 4) is 0 Å². The molecule has 0 atom stereocenters. The van der Waals surface area contributed by atoms with E-state index in [9.17, 15) is 0 Å². The van der Waals surface area contributed by atoms with Gasteiger partial charge in [-0.25, -0.2) is 4.68 Å². The summed E-state index contributed by atoms with van der Waals surface area (Å²) in [7, 11) is 0. The molecular formula is C8H15N5S. The van der Waals surface area contributed by atoms with Crippen LogP contribution in [-0.4, -0.2) is 44.2 Å². The van der Waals surface area contributed by atoms with Gasteiger partial charge in [-0.05, 0) is 31.6 Å². The monoisotopic (exact) mass is 213 g/mol. The van der Waals surface area contributed by atoms with Crippen LogP contribution in [0.2, 0.25) is 0 Å². The molecule has 14 heavy (non-hydrogen) atoms. The molecule has 0 spiro atoms. The van der Waals surface area contributed by atoms with Gasteiger partial charge < -0.3 is 0 Å². The van der Waals surface area contributed by atoms with Crippen LogP contribution in [0.25, 0.3) is 0 Å². The molecule has 0 amide bonds. The van der Waals surface area contributed by atoms with Crippen molar-refractivity contribution in [3.63, 3.8) is 0 Å². The van der Waals surface area contributed by atoms with Crippen LogP contribution in [0.15, 0.2) is 0 Å². The second-order valence-electron chi connectivity index (χ2n) is 3.59. The molecule has 0 aromatic carbocycles. The number of likely N-dealkylation sites (N-methyl/N-ethyl adjacent to an activating group) is 1. The molecule has 0 radical (unpaired) electrons. The summed E-state index contributed by atoms with van der Waals surface area (Å²) in [6.45, 7) is 5.19. The summed E-state index contributed by atoms with van der Waals surface area (Å²) in [6, 6.07) is 0.810. The number of H-pyrrole nitrogens is 1. The van der Waals surface area contributed by atoms with E-state index in [0.717, 1.165) is 25.7 Å². The minimum Gasteiger partial charge on any atom is -0.299 e. The molecule has 5 nitrogen and oxygen atoms in total. The highest BCUT2D eigenvalue weighted by Crippen LogP contribution is 2.26. The van der Waals surface area contributed by atoms with Gasteiger partial charge in [-0.2, -0.15) is 5.21 Å². The number of hydrogen-bond acceptors (Lipinski definition) is 4. The molecule has 78 valence electrons. The summed E-state index contributed by atoms with van der Waals surface area (Å²) >= 11 is 4.99. The van der Waals surface area contributed by atoms with Gasteiger partial charge in [0, 0.05) is 12.6 Å². The number of tetrazole rings is 1. The molecule has 2 rings (SSSR count). The molecule has 1 aliphatic rings. The lowest BCUT2D eigenvalue weighted by molar-refractivity contribution is 0.260. The fourth-order valence-corrected chi connectivity index (χ4v) is 1.80. The zero-order valence-corrected chi connectivity index (χ0v) is 9.13. The Bertz CT molecular complexity index is 340. The van der Waals surface area contributed by atoms with Crippen LogP contribution in [0.4, 0.5) is 0 Å². The normalized spacial score (nSPS) is 16.4. The van der Waals surface area contributed by atoms with Crippen molar-refractivity contribution >= 4 is 12.2 Å². The van der Waals surface area contributed by atoms with E-state index in [2.05, 4.69) is 27.3 Å². The largest absolute Gasteiger partial charge is 0.299 e. The third-order valence-electron chi connectivity index (χ3n) is 2.61. The van der Waals surface area contributed by atoms with E-state index in [1.54, 1.807) is 4.68 Å². The van der Waals surface area contributed by atoms with Crippen molar-refractivity contribution in [1.29, 1.82) is 0 Å². The minimum absolute atomic E-state index is 0.539. The molecule has 1 N–H and O–H groups in total. The van der Waals surface area contributed by atoms with Crippen molar-refractivity contribution < 1.29 is 0 Å². The van der Waals surface area contributed by atoms with Crippen LogP contribution in [0.1, 0.15) is 19.8 Å². The molecule has 0 unspecified atom stereocenters. The molecule has 1 aromatic rings. The number of aromatic nitrogens is 4. The summed E-state index contributed by atoms with van der Waals surface area (Å²) in [5.74, 6) is 0. The third kappa shape index (κ3) is 2.19. The fourth-order valence-electron chi connectivity index (χ4n) is 1.63. The quantitative estimate of drug-likeness (QED) is 0.736. The first kappa shape index (κ1) is 9.79. The summed E-state index contributed by atoms with van der Waals surface area (Å²) in [5.41, 5.74) is 0. The van der Waals surface area contributed by atoms with Crippen molar-refractivity contribution in [3.05, 3.63) is 4.77 Å². The van der Waals surface area contributed by atoms with Crippen LogP contribution in [0, 0.1) is 4.77 Å². The highest BCUT2D eigenvalue weighted by Gasteiger charge is 2.27. The molecule has 1 fully saturated rings. The average molecular weight is 213 g/mol.